The summed E-state index contributed by atoms with van der Waals surface area (Å²) in [6.07, 6.45) is 8.05. The molecule has 244 valence electrons. The van der Waals surface area contributed by atoms with Gasteiger partial charge in [-0.05, 0) is 56.6 Å². The van der Waals surface area contributed by atoms with Crippen molar-refractivity contribution in [2.24, 2.45) is 10.4 Å². The van der Waals surface area contributed by atoms with Crippen LogP contribution in [0, 0.1) is 5.41 Å². The number of hydrogen-bond donors (Lipinski definition) is 2. The van der Waals surface area contributed by atoms with Crippen molar-refractivity contribution >= 4 is 57.3 Å². The zero-order chi connectivity index (χ0) is 33.4. The number of amides is 1. The zero-order valence-electron chi connectivity index (χ0n) is 27.0. The predicted octanol–water partition coefficient (Wildman–Crippen LogP) is 7.28. The summed E-state index contributed by atoms with van der Waals surface area (Å²) in [5.41, 5.74) is 1.63. The average Bonchev–Trinajstić information content (AvgIpc) is 3.34. The molecule has 0 saturated heterocycles. The van der Waals surface area contributed by atoms with Crippen LogP contribution in [0.5, 0.6) is 11.5 Å². The molecule has 0 spiro atoms. The molecule has 1 atom stereocenters. The summed E-state index contributed by atoms with van der Waals surface area (Å²) in [4.78, 5) is 39.8. The SMILES string of the molecule is COc1cc2ncnc(Nc3ccc(OC4=NC(CCC(=O)CCC(C)(C)C)C=C4F)cc3Cl)c2cc1NC(=O)/C=C/CN(C)C. The van der Waals surface area contributed by atoms with E-state index in [0.29, 0.717) is 70.4 Å². The lowest BCUT2D eigenvalue weighted by Gasteiger charge is -2.17. The first kappa shape index (κ1) is 34.5. The molecule has 2 heterocycles. The minimum absolute atomic E-state index is 0.0866. The number of halogens is 2. The summed E-state index contributed by atoms with van der Waals surface area (Å²) < 4.78 is 25.8. The third kappa shape index (κ3) is 9.82. The summed E-state index contributed by atoms with van der Waals surface area (Å²) >= 11 is 6.59. The highest BCUT2D eigenvalue weighted by Gasteiger charge is 2.23. The van der Waals surface area contributed by atoms with Gasteiger partial charge in [-0.15, -0.1) is 0 Å². The Morgan fingerprint density at radius 3 is 2.59 bits per heavy atom. The van der Waals surface area contributed by atoms with Gasteiger partial charge in [0.1, 0.15) is 29.4 Å². The Morgan fingerprint density at radius 2 is 1.89 bits per heavy atom. The van der Waals surface area contributed by atoms with Crippen LogP contribution in [0.15, 0.2) is 65.7 Å². The van der Waals surface area contributed by atoms with Crippen LogP contribution < -0.4 is 20.1 Å². The van der Waals surface area contributed by atoms with E-state index in [9.17, 15) is 14.0 Å². The number of nitrogens with one attached hydrogen (secondary N) is 2. The Kier molecular flexibility index (Phi) is 11.5. The van der Waals surface area contributed by atoms with Gasteiger partial charge in [-0.1, -0.05) is 38.4 Å². The molecule has 10 nitrogen and oxygen atoms in total. The van der Waals surface area contributed by atoms with Crippen LogP contribution in [0.1, 0.15) is 46.5 Å². The van der Waals surface area contributed by atoms with E-state index >= 15 is 0 Å². The number of methoxy groups -OCH3 is 1. The van der Waals surface area contributed by atoms with Crippen LogP contribution in [0.25, 0.3) is 10.9 Å². The maximum absolute atomic E-state index is 14.6. The summed E-state index contributed by atoms with van der Waals surface area (Å²) in [7, 11) is 5.33. The minimum Gasteiger partial charge on any atom is -0.494 e. The fraction of sp³-hybridized carbons (Fsp3) is 0.382. The van der Waals surface area contributed by atoms with E-state index in [4.69, 9.17) is 21.1 Å². The van der Waals surface area contributed by atoms with Gasteiger partial charge >= 0.3 is 0 Å². The molecule has 46 heavy (non-hydrogen) atoms. The van der Waals surface area contributed by atoms with Gasteiger partial charge in [-0.3, -0.25) is 9.59 Å². The van der Waals surface area contributed by atoms with Crippen molar-refractivity contribution in [3.05, 3.63) is 65.7 Å². The van der Waals surface area contributed by atoms with Crippen molar-refractivity contribution in [3.63, 3.8) is 0 Å². The van der Waals surface area contributed by atoms with E-state index in [1.54, 1.807) is 36.4 Å². The van der Waals surface area contributed by atoms with E-state index in [1.165, 1.54) is 25.6 Å². The van der Waals surface area contributed by atoms with Crippen LogP contribution in [0.2, 0.25) is 5.02 Å². The number of carbonyl (C=O) groups excluding carboxylic acids is 2. The second-order valence-electron chi connectivity index (χ2n) is 12.5. The third-order valence-corrected chi connectivity index (χ3v) is 7.37. The summed E-state index contributed by atoms with van der Waals surface area (Å²) in [6.45, 7) is 6.91. The van der Waals surface area contributed by atoms with E-state index in [0.717, 1.165) is 6.42 Å². The highest BCUT2D eigenvalue weighted by atomic mass is 35.5. The maximum Gasteiger partial charge on any atom is 0.251 e. The van der Waals surface area contributed by atoms with Crippen LogP contribution in [0.3, 0.4) is 0 Å². The lowest BCUT2D eigenvalue weighted by molar-refractivity contribution is -0.119. The largest absolute Gasteiger partial charge is 0.494 e. The van der Waals surface area contributed by atoms with Crippen molar-refractivity contribution in [1.29, 1.82) is 0 Å². The first-order chi connectivity index (χ1) is 21.8. The topological polar surface area (TPSA) is 118 Å². The number of anilines is 3. The highest BCUT2D eigenvalue weighted by Crippen LogP contribution is 2.35. The van der Waals surface area contributed by atoms with Gasteiger partial charge in [0.05, 0.1) is 35.1 Å². The average molecular weight is 651 g/mol. The van der Waals surface area contributed by atoms with Crippen LogP contribution in [0.4, 0.5) is 21.6 Å². The standard InChI is InChI=1S/C34H40ClFN6O4/c1-34(2,3)14-13-22(43)10-9-21-16-26(36)33(39-21)46-23-11-12-27(25(35)17-23)41-32-24-18-29(40-31(44)8-7-15-42(4)5)30(45-6)19-28(24)37-20-38-32/h7-8,11-12,16-21H,9-10,13-15H2,1-6H3,(H,40,44)(H,37,38,41)/b8-7+. The number of likely N-dealkylation sites (N-methyl/N-ethyl adjacent to an activating group) is 1. The molecule has 1 amide bonds. The van der Waals surface area contributed by atoms with Gasteiger partial charge in [0, 0.05) is 43.0 Å². The van der Waals surface area contributed by atoms with E-state index in [1.807, 2.05) is 19.0 Å². The number of ether oxygens (including phenoxy) is 2. The van der Waals surface area contributed by atoms with Crippen molar-refractivity contribution in [2.45, 2.75) is 52.5 Å². The zero-order valence-corrected chi connectivity index (χ0v) is 27.7. The number of benzene rings is 2. The fourth-order valence-corrected chi connectivity index (χ4v) is 4.77. The van der Waals surface area contributed by atoms with Gasteiger partial charge in [0.15, 0.2) is 5.83 Å². The van der Waals surface area contributed by atoms with Crippen molar-refractivity contribution in [1.82, 2.24) is 14.9 Å². The van der Waals surface area contributed by atoms with E-state index in [-0.39, 0.29) is 23.0 Å². The first-order valence-electron chi connectivity index (χ1n) is 15.0. The Labute approximate surface area is 273 Å². The number of ketones is 1. The molecule has 0 aliphatic carbocycles. The molecule has 2 aromatic carbocycles. The highest BCUT2D eigenvalue weighted by molar-refractivity contribution is 6.33. The fourth-order valence-electron chi connectivity index (χ4n) is 4.56. The molecule has 0 saturated carbocycles. The molecule has 1 aromatic heterocycles. The number of Topliss-reactive ketones (excluding diaryl/α,β-unsaturated/α-hetero) is 1. The number of aromatic nitrogens is 2. The Bertz CT molecular complexity index is 1680. The van der Waals surface area contributed by atoms with Gasteiger partial charge in [-0.25, -0.2) is 19.4 Å². The van der Waals surface area contributed by atoms with Crippen molar-refractivity contribution < 1.29 is 23.5 Å². The normalized spacial score (nSPS) is 14.8. The second-order valence-corrected chi connectivity index (χ2v) is 12.9. The number of nitrogens with zero attached hydrogens (tertiary/aromatic N) is 4. The number of fused-ring (bicyclic) bond motifs is 1. The van der Waals surface area contributed by atoms with Crippen molar-refractivity contribution in [3.8, 4) is 11.5 Å². The van der Waals surface area contributed by atoms with E-state index < -0.39 is 11.9 Å². The number of carbonyl (C=O) groups is 2. The Hall–Kier alpha value is -4.35. The molecule has 1 unspecified atom stereocenters. The predicted molar refractivity (Wildman–Crippen MR) is 181 cm³/mol. The lowest BCUT2D eigenvalue weighted by atomic mass is 9.89. The van der Waals surface area contributed by atoms with Crippen LogP contribution in [-0.2, 0) is 9.59 Å². The molecule has 1 aliphatic rings. The van der Waals surface area contributed by atoms with E-state index in [2.05, 4.69) is 46.4 Å². The van der Waals surface area contributed by atoms with Crippen LogP contribution >= 0.6 is 11.6 Å². The molecule has 0 fully saturated rings. The van der Waals surface area contributed by atoms with Gasteiger partial charge in [-0.2, -0.15) is 0 Å². The molecule has 4 rings (SSSR count). The number of aliphatic imine (C=N–C) groups is 1. The summed E-state index contributed by atoms with van der Waals surface area (Å²) in [5.74, 6) is 0.290. The third-order valence-electron chi connectivity index (χ3n) is 7.06. The second kappa shape index (κ2) is 15.3. The summed E-state index contributed by atoms with van der Waals surface area (Å²) in [6, 6.07) is 7.82. The molecular formula is C34H40ClFN6O4. The van der Waals surface area contributed by atoms with Crippen molar-refractivity contribution in [2.75, 3.05) is 38.4 Å². The Morgan fingerprint density at radius 1 is 1.11 bits per heavy atom. The van der Waals surface area contributed by atoms with Gasteiger partial charge < -0.3 is 25.0 Å². The minimum atomic E-state index is -0.579. The molecule has 0 radical (unpaired) electrons. The van der Waals surface area contributed by atoms with Gasteiger partial charge in [0.25, 0.3) is 5.90 Å². The number of hydrogen-bond acceptors (Lipinski definition) is 9. The Balaban J connectivity index is 1.45. The quantitative estimate of drug-likeness (QED) is 0.185. The molecule has 1 aliphatic heterocycles. The molecule has 3 aromatic rings. The lowest BCUT2D eigenvalue weighted by Crippen LogP contribution is -2.13. The number of rotatable bonds is 13. The van der Waals surface area contributed by atoms with Crippen LogP contribution in [-0.4, -0.2) is 66.2 Å². The molecule has 2 N–H and O–H groups in total. The molecule has 0 bridgehead atoms. The maximum atomic E-state index is 14.6. The molecule has 12 heteroatoms. The smallest absolute Gasteiger partial charge is 0.251 e. The van der Waals surface area contributed by atoms with Gasteiger partial charge in [0.2, 0.25) is 5.91 Å². The summed E-state index contributed by atoms with van der Waals surface area (Å²) in [5, 5.41) is 6.95. The monoisotopic (exact) mass is 650 g/mol. The molecular weight excluding hydrogens is 611 g/mol. The first-order valence-corrected chi connectivity index (χ1v) is 15.4.